The van der Waals surface area contributed by atoms with Crippen LogP contribution in [-0.2, 0) is 6.61 Å². The summed E-state index contributed by atoms with van der Waals surface area (Å²) in [6.45, 7) is 0.103. The van der Waals surface area contributed by atoms with Gasteiger partial charge in [-0.15, -0.1) is 0 Å². The zero-order valence-electron chi connectivity index (χ0n) is 16.6. The molecule has 0 saturated heterocycles. The van der Waals surface area contributed by atoms with Crippen molar-refractivity contribution >= 4 is 45.3 Å². The van der Waals surface area contributed by atoms with Gasteiger partial charge in [-0.05, 0) is 51.3 Å². The van der Waals surface area contributed by atoms with Crippen molar-refractivity contribution in [3.63, 3.8) is 0 Å². The molecule has 1 aromatic heterocycles. The normalized spacial score (nSPS) is 10.7. The minimum atomic E-state index is -0.498. The number of nitro benzene ring substituents is 1. The predicted octanol–water partition coefficient (Wildman–Crippen LogP) is 4.76. The Hall–Kier alpha value is -3.50. The van der Waals surface area contributed by atoms with Crippen molar-refractivity contribution in [3.05, 3.63) is 91.2 Å². The van der Waals surface area contributed by atoms with Gasteiger partial charge in [0.25, 0.3) is 11.6 Å². The molecule has 1 amide bonds. The van der Waals surface area contributed by atoms with Crippen LogP contribution in [0.1, 0.15) is 21.5 Å². The van der Waals surface area contributed by atoms with Gasteiger partial charge in [0.15, 0.2) is 11.5 Å². The molecule has 3 aromatic rings. The average Bonchev–Trinajstić information content (AvgIpc) is 2.78. The van der Waals surface area contributed by atoms with Gasteiger partial charge in [-0.25, -0.2) is 10.4 Å². The molecule has 1 heterocycles. The number of pyridine rings is 1. The van der Waals surface area contributed by atoms with Crippen molar-refractivity contribution in [1.82, 2.24) is 10.4 Å². The molecule has 3 rings (SSSR count). The predicted molar refractivity (Wildman–Crippen MR) is 122 cm³/mol. The van der Waals surface area contributed by atoms with Gasteiger partial charge < -0.3 is 9.47 Å². The molecule has 0 radical (unpaired) electrons. The highest BCUT2D eigenvalue weighted by atomic mass is 79.9. The van der Waals surface area contributed by atoms with Crippen molar-refractivity contribution in [1.29, 1.82) is 0 Å². The van der Waals surface area contributed by atoms with Gasteiger partial charge in [0.2, 0.25) is 0 Å². The number of nitrogens with zero attached hydrogens (tertiary/aromatic N) is 3. The van der Waals surface area contributed by atoms with Gasteiger partial charge >= 0.3 is 0 Å². The van der Waals surface area contributed by atoms with Crippen LogP contribution in [0.4, 0.5) is 5.69 Å². The molecule has 2 aromatic carbocycles. The molecule has 0 bridgehead atoms. The molecule has 164 valence electrons. The number of rotatable bonds is 8. The summed E-state index contributed by atoms with van der Waals surface area (Å²) in [5, 5.41) is 14.9. The second-order valence-electron chi connectivity index (χ2n) is 6.29. The Kier molecular flexibility index (Phi) is 7.74. The number of aromatic nitrogens is 1. The molecule has 0 spiro atoms. The first kappa shape index (κ1) is 23.2. The third kappa shape index (κ3) is 5.80. The van der Waals surface area contributed by atoms with Crippen LogP contribution in [0.2, 0.25) is 5.15 Å². The lowest BCUT2D eigenvalue weighted by Crippen LogP contribution is -2.18. The van der Waals surface area contributed by atoms with E-state index in [2.05, 4.69) is 31.4 Å². The number of amides is 1. The Morgan fingerprint density at radius 1 is 1.31 bits per heavy atom. The second-order valence-corrected chi connectivity index (χ2v) is 7.50. The monoisotopic (exact) mass is 518 g/mol. The fourth-order valence-corrected chi connectivity index (χ4v) is 3.43. The minimum Gasteiger partial charge on any atom is -0.493 e. The number of carbonyl (C=O) groups excluding carboxylic acids is 1. The molecular weight excluding hydrogens is 504 g/mol. The lowest BCUT2D eigenvalue weighted by Gasteiger charge is -2.13. The highest BCUT2D eigenvalue weighted by molar-refractivity contribution is 9.10. The number of nitrogens with one attached hydrogen (secondary N) is 1. The van der Waals surface area contributed by atoms with Crippen LogP contribution >= 0.6 is 27.5 Å². The van der Waals surface area contributed by atoms with Crippen molar-refractivity contribution in [3.8, 4) is 11.5 Å². The number of methoxy groups -OCH3 is 1. The van der Waals surface area contributed by atoms with Crippen LogP contribution in [0, 0.1) is 10.1 Å². The molecule has 0 aliphatic rings. The van der Waals surface area contributed by atoms with Crippen LogP contribution in [0.5, 0.6) is 11.5 Å². The largest absolute Gasteiger partial charge is 0.493 e. The molecule has 11 heteroatoms. The number of hydrogen-bond acceptors (Lipinski definition) is 7. The molecule has 0 atom stereocenters. The molecule has 32 heavy (non-hydrogen) atoms. The Morgan fingerprint density at radius 2 is 2.12 bits per heavy atom. The molecular formula is C21H16BrClN4O5. The van der Waals surface area contributed by atoms with Gasteiger partial charge in [-0.3, -0.25) is 14.9 Å². The van der Waals surface area contributed by atoms with Crippen molar-refractivity contribution < 1.29 is 19.2 Å². The maximum absolute atomic E-state index is 12.1. The highest BCUT2D eigenvalue weighted by Crippen LogP contribution is 2.37. The van der Waals surface area contributed by atoms with E-state index in [0.29, 0.717) is 27.1 Å². The number of nitro groups is 1. The van der Waals surface area contributed by atoms with E-state index in [1.54, 1.807) is 30.3 Å². The number of benzene rings is 2. The molecule has 0 aliphatic carbocycles. The van der Waals surface area contributed by atoms with Crippen LogP contribution in [0.3, 0.4) is 0 Å². The summed E-state index contributed by atoms with van der Waals surface area (Å²) in [7, 11) is 1.48. The third-order valence-corrected chi connectivity index (χ3v) is 5.03. The molecule has 0 unspecified atom stereocenters. The first-order valence-electron chi connectivity index (χ1n) is 9.06. The molecule has 1 N–H and O–H groups in total. The topological polar surface area (TPSA) is 116 Å². The average molecular weight is 520 g/mol. The molecule has 0 aliphatic heterocycles. The van der Waals surface area contributed by atoms with Crippen LogP contribution in [0.15, 0.2) is 64.3 Å². The standard InChI is InChI=1S/C21H16BrClN4O5/c1-31-18-10-14(11-25-26-21(28)16-6-3-7-24-20(16)23)9-17(22)19(18)32-12-13-4-2-5-15(8-13)27(29)30/h2-11H,12H2,1H3,(H,26,28). The van der Waals surface area contributed by atoms with Crippen molar-refractivity contribution in [2.75, 3.05) is 7.11 Å². The summed E-state index contributed by atoms with van der Waals surface area (Å²) in [5.74, 6) is 0.331. The Balaban J connectivity index is 1.71. The van der Waals surface area contributed by atoms with E-state index in [1.165, 1.54) is 37.7 Å². The smallest absolute Gasteiger partial charge is 0.274 e. The molecule has 0 saturated carbocycles. The van der Waals surface area contributed by atoms with Gasteiger partial charge in [0.05, 0.1) is 28.3 Å². The Labute approximate surface area is 196 Å². The first-order valence-corrected chi connectivity index (χ1v) is 10.2. The quantitative estimate of drug-likeness (QED) is 0.199. The second kappa shape index (κ2) is 10.7. The van der Waals surface area contributed by atoms with Gasteiger partial charge in [-0.2, -0.15) is 5.10 Å². The van der Waals surface area contributed by atoms with Gasteiger partial charge in [-0.1, -0.05) is 23.7 Å². The number of hydrogen-bond donors (Lipinski definition) is 1. The van der Waals surface area contributed by atoms with E-state index >= 15 is 0 Å². The summed E-state index contributed by atoms with van der Waals surface area (Å²) in [4.78, 5) is 26.5. The summed E-state index contributed by atoms with van der Waals surface area (Å²) < 4.78 is 11.8. The number of ether oxygens (including phenoxy) is 2. The van der Waals surface area contributed by atoms with E-state index in [1.807, 2.05) is 0 Å². The Morgan fingerprint density at radius 3 is 2.84 bits per heavy atom. The number of non-ortho nitro benzene ring substituents is 1. The van der Waals surface area contributed by atoms with Crippen molar-refractivity contribution in [2.45, 2.75) is 6.61 Å². The highest BCUT2D eigenvalue weighted by Gasteiger charge is 2.13. The summed E-state index contributed by atoms with van der Waals surface area (Å²) in [5.41, 5.74) is 3.83. The van der Waals surface area contributed by atoms with E-state index in [9.17, 15) is 14.9 Å². The van der Waals surface area contributed by atoms with E-state index in [0.717, 1.165) is 0 Å². The van der Waals surface area contributed by atoms with Gasteiger partial charge in [0, 0.05) is 18.3 Å². The maximum atomic E-state index is 12.1. The number of hydrazone groups is 1. The van der Waals surface area contributed by atoms with E-state index in [4.69, 9.17) is 21.1 Å². The number of halogens is 2. The summed E-state index contributed by atoms with van der Waals surface area (Å²) >= 11 is 9.33. The summed E-state index contributed by atoms with van der Waals surface area (Å²) in [6.07, 6.45) is 2.91. The minimum absolute atomic E-state index is 0.0155. The number of carbonyl (C=O) groups is 1. The van der Waals surface area contributed by atoms with Crippen LogP contribution in [0.25, 0.3) is 0 Å². The fraction of sp³-hybridized carbons (Fsp3) is 0.0952. The fourth-order valence-electron chi connectivity index (χ4n) is 2.65. The zero-order chi connectivity index (χ0) is 23.1. The lowest BCUT2D eigenvalue weighted by atomic mass is 10.2. The lowest BCUT2D eigenvalue weighted by molar-refractivity contribution is -0.384. The SMILES string of the molecule is COc1cc(C=NNC(=O)c2cccnc2Cl)cc(Br)c1OCc1cccc([N+](=O)[O-])c1. The third-order valence-electron chi connectivity index (χ3n) is 4.14. The maximum Gasteiger partial charge on any atom is 0.274 e. The first-order chi connectivity index (χ1) is 15.4. The summed E-state index contributed by atoms with van der Waals surface area (Å²) in [6, 6.07) is 12.7. The van der Waals surface area contributed by atoms with Crippen LogP contribution < -0.4 is 14.9 Å². The molecule has 0 fully saturated rings. The van der Waals surface area contributed by atoms with Crippen LogP contribution in [-0.4, -0.2) is 29.1 Å². The van der Waals surface area contributed by atoms with E-state index < -0.39 is 10.8 Å². The zero-order valence-corrected chi connectivity index (χ0v) is 19.0. The van der Waals surface area contributed by atoms with E-state index in [-0.39, 0.29) is 23.0 Å². The Bertz CT molecular complexity index is 1190. The van der Waals surface area contributed by atoms with Crippen molar-refractivity contribution in [2.24, 2.45) is 5.10 Å². The van der Waals surface area contributed by atoms with Gasteiger partial charge in [0.1, 0.15) is 11.8 Å². The molecule has 9 nitrogen and oxygen atoms in total.